The fraction of sp³-hybridized carbons (Fsp3) is 0.375. The molecule has 0 bridgehead atoms. The monoisotopic (exact) mass is 289 g/mol. The molecule has 0 heterocycles. The molecule has 21 heavy (non-hydrogen) atoms. The van der Waals surface area contributed by atoms with Gasteiger partial charge in [0.25, 0.3) is 0 Å². The number of alkyl carbamates (subject to hydrolysis) is 1. The second-order valence-corrected chi connectivity index (χ2v) is 5.36. The van der Waals surface area contributed by atoms with Gasteiger partial charge in [0.05, 0.1) is 12.7 Å². The van der Waals surface area contributed by atoms with E-state index in [0.717, 1.165) is 0 Å². The Morgan fingerprint density at radius 3 is 2.24 bits per heavy atom. The Balaban J connectivity index is 2.80. The van der Waals surface area contributed by atoms with Gasteiger partial charge in [0, 0.05) is 0 Å². The van der Waals surface area contributed by atoms with Crippen molar-refractivity contribution in [2.75, 3.05) is 7.11 Å². The zero-order valence-electron chi connectivity index (χ0n) is 12.6. The largest absolute Gasteiger partial charge is 0.465 e. The summed E-state index contributed by atoms with van der Waals surface area (Å²) in [6.07, 6.45) is 4.83. The summed E-state index contributed by atoms with van der Waals surface area (Å²) in [5, 5.41) is 2.59. The predicted molar refractivity (Wildman–Crippen MR) is 78.7 cm³/mol. The van der Waals surface area contributed by atoms with Crippen LogP contribution in [-0.4, -0.2) is 24.8 Å². The van der Waals surface area contributed by atoms with Gasteiger partial charge >= 0.3 is 12.1 Å². The van der Waals surface area contributed by atoms with Crippen LogP contribution in [0, 0.1) is 12.3 Å². The standard InChI is InChI=1S/C16H19NO4/c1-6-13(17-15(19)21-16(2,3)4)11-7-9-12(10-8-11)14(18)20-5/h1,7-10,13H,2-5H3,(H,17,19). The number of carbonyl (C=O) groups excluding carboxylic acids is 2. The first kappa shape index (κ1) is 16.6. The maximum Gasteiger partial charge on any atom is 0.408 e. The third-order valence-electron chi connectivity index (χ3n) is 2.49. The highest BCUT2D eigenvalue weighted by Crippen LogP contribution is 2.15. The van der Waals surface area contributed by atoms with Crippen molar-refractivity contribution in [2.24, 2.45) is 0 Å². The zero-order valence-corrected chi connectivity index (χ0v) is 12.6. The number of esters is 1. The number of carbonyl (C=O) groups is 2. The number of nitrogens with one attached hydrogen (secondary N) is 1. The topological polar surface area (TPSA) is 64.6 Å². The van der Waals surface area contributed by atoms with E-state index in [0.29, 0.717) is 11.1 Å². The highest BCUT2D eigenvalue weighted by Gasteiger charge is 2.19. The molecule has 5 nitrogen and oxygen atoms in total. The van der Waals surface area contributed by atoms with Crippen LogP contribution in [-0.2, 0) is 9.47 Å². The van der Waals surface area contributed by atoms with Gasteiger partial charge < -0.3 is 14.8 Å². The Labute approximate surface area is 124 Å². The van der Waals surface area contributed by atoms with E-state index in [2.05, 4.69) is 16.0 Å². The van der Waals surface area contributed by atoms with Gasteiger partial charge in [0.15, 0.2) is 0 Å². The maximum atomic E-state index is 11.7. The summed E-state index contributed by atoms with van der Waals surface area (Å²) >= 11 is 0. The average Bonchev–Trinajstić information content (AvgIpc) is 2.42. The number of methoxy groups -OCH3 is 1. The summed E-state index contributed by atoms with van der Waals surface area (Å²) in [5.74, 6) is 2.04. The third-order valence-corrected chi connectivity index (χ3v) is 2.49. The van der Waals surface area contributed by atoms with E-state index in [1.807, 2.05) is 0 Å². The Bertz CT molecular complexity index is 549. The zero-order chi connectivity index (χ0) is 16.0. The second kappa shape index (κ2) is 6.80. The minimum absolute atomic E-state index is 0.411. The van der Waals surface area contributed by atoms with E-state index in [1.165, 1.54) is 7.11 Å². The van der Waals surface area contributed by atoms with Crippen molar-refractivity contribution in [3.8, 4) is 12.3 Å². The van der Waals surface area contributed by atoms with E-state index in [9.17, 15) is 9.59 Å². The van der Waals surface area contributed by atoms with Gasteiger partial charge in [0.2, 0.25) is 0 Å². The number of hydrogen-bond donors (Lipinski definition) is 1. The fourth-order valence-electron chi connectivity index (χ4n) is 1.58. The molecule has 1 atom stereocenters. The highest BCUT2D eigenvalue weighted by atomic mass is 16.6. The van der Waals surface area contributed by atoms with E-state index >= 15 is 0 Å². The van der Waals surface area contributed by atoms with Crippen LogP contribution in [0.25, 0.3) is 0 Å². The molecule has 1 aromatic rings. The Hall–Kier alpha value is -2.48. The second-order valence-electron chi connectivity index (χ2n) is 5.36. The first-order valence-electron chi connectivity index (χ1n) is 6.40. The van der Waals surface area contributed by atoms with Gasteiger partial charge in [-0.05, 0) is 38.5 Å². The Morgan fingerprint density at radius 1 is 1.24 bits per heavy atom. The summed E-state index contributed by atoms with van der Waals surface area (Å²) in [4.78, 5) is 23.1. The van der Waals surface area contributed by atoms with Crippen LogP contribution in [0.1, 0.15) is 42.7 Å². The van der Waals surface area contributed by atoms with Crippen molar-refractivity contribution < 1.29 is 19.1 Å². The van der Waals surface area contributed by atoms with Crippen LogP contribution < -0.4 is 5.32 Å². The minimum atomic E-state index is -0.633. The SMILES string of the molecule is C#CC(NC(=O)OC(C)(C)C)c1ccc(C(=O)OC)cc1. The lowest BCUT2D eigenvalue weighted by molar-refractivity contribution is 0.0514. The molecule has 1 aromatic carbocycles. The van der Waals surface area contributed by atoms with Gasteiger partial charge in [-0.2, -0.15) is 0 Å². The van der Waals surface area contributed by atoms with Crippen molar-refractivity contribution in [1.29, 1.82) is 0 Å². The van der Waals surface area contributed by atoms with Crippen LogP contribution in [0.4, 0.5) is 4.79 Å². The lowest BCUT2D eigenvalue weighted by Crippen LogP contribution is -2.34. The van der Waals surface area contributed by atoms with Gasteiger partial charge in [-0.1, -0.05) is 18.1 Å². The molecule has 1 rings (SSSR count). The molecule has 0 radical (unpaired) electrons. The van der Waals surface area contributed by atoms with E-state index < -0.39 is 23.7 Å². The molecular formula is C16H19NO4. The maximum absolute atomic E-state index is 11.7. The van der Waals surface area contributed by atoms with Crippen LogP contribution >= 0.6 is 0 Å². The molecule has 0 spiro atoms. The number of amides is 1. The number of benzene rings is 1. The fourth-order valence-corrected chi connectivity index (χ4v) is 1.58. The highest BCUT2D eigenvalue weighted by molar-refractivity contribution is 5.89. The quantitative estimate of drug-likeness (QED) is 0.686. The molecule has 1 unspecified atom stereocenters. The summed E-state index contributed by atoms with van der Waals surface area (Å²) in [5.41, 5.74) is 0.489. The molecular weight excluding hydrogens is 270 g/mol. The van der Waals surface area contributed by atoms with Crippen molar-refractivity contribution in [3.63, 3.8) is 0 Å². The van der Waals surface area contributed by atoms with Crippen LogP contribution in [0.15, 0.2) is 24.3 Å². The molecule has 0 aliphatic rings. The van der Waals surface area contributed by atoms with Crippen molar-refractivity contribution in [3.05, 3.63) is 35.4 Å². The molecule has 5 heteroatoms. The molecule has 0 aliphatic carbocycles. The van der Waals surface area contributed by atoms with Gasteiger partial charge in [-0.15, -0.1) is 6.42 Å². The normalized spacial score (nSPS) is 12.0. The summed E-state index contributed by atoms with van der Waals surface area (Å²) in [7, 11) is 1.31. The smallest absolute Gasteiger partial charge is 0.408 e. The lowest BCUT2D eigenvalue weighted by atomic mass is 10.1. The lowest BCUT2D eigenvalue weighted by Gasteiger charge is -2.21. The van der Waals surface area contributed by atoms with Crippen molar-refractivity contribution >= 4 is 12.1 Å². The third kappa shape index (κ3) is 5.19. The van der Waals surface area contributed by atoms with E-state index in [4.69, 9.17) is 11.2 Å². The number of terminal acetylenes is 1. The van der Waals surface area contributed by atoms with Crippen LogP contribution in [0.2, 0.25) is 0 Å². The molecule has 112 valence electrons. The van der Waals surface area contributed by atoms with E-state index in [-0.39, 0.29) is 0 Å². The minimum Gasteiger partial charge on any atom is -0.465 e. The first-order chi connectivity index (χ1) is 9.76. The molecule has 0 fully saturated rings. The molecule has 0 saturated heterocycles. The summed E-state index contributed by atoms with van der Waals surface area (Å²) < 4.78 is 9.76. The van der Waals surface area contributed by atoms with E-state index in [1.54, 1.807) is 45.0 Å². The van der Waals surface area contributed by atoms with Crippen LogP contribution in [0.5, 0.6) is 0 Å². The average molecular weight is 289 g/mol. The van der Waals surface area contributed by atoms with Crippen molar-refractivity contribution in [2.45, 2.75) is 32.4 Å². The molecule has 1 N–H and O–H groups in total. The first-order valence-corrected chi connectivity index (χ1v) is 6.40. The molecule has 0 saturated carbocycles. The van der Waals surface area contributed by atoms with Gasteiger partial charge in [-0.3, -0.25) is 0 Å². The van der Waals surface area contributed by atoms with Crippen molar-refractivity contribution in [1.82, 2.24) is 5.32 Å². The van der Waals surface area contributed by atoms with Crippen LogP contribution in [0.3, 0.4) is 0 Å². The number of rotatable bonds is 3. The van der Waals surface area contributed by atoms with Gasteiger partial charge in [0.1, 0.15) is 11.6 Å². The Morgan fingerprint density at radius 2 is 1.81 bits per heavy atom. The number of ether oxygens (including phenoxy) is 2. The summed E-state index contributed by atoms with van der Waals surface area (Å²) in [6, 6.07) is 5.86. The summed E-state index contributed by atoms with van der Waals surface area (Å²) in [6.45, 7) is 5.30. The number of hydrogen-bond acceptors (Lipinski definition) is 4. The molecule has 0 aromatic heterocycles. The Kier molecular flexibility index (Phi) is 5.37. The predicted octanol–water partition coefficient (Wildman–Crippen LogP) is 2.67. The molecule has 0 aliphatic heterocycles. The van der Waals surface area contributed by atoms with Gasteiger partial charge in [-0.25, -0.2) is 9.59 Å². The molecule has 1 amide bonds.